The van der Waals surface area contributed by atoms with Crippen LogP contribution in [0.3, 0.4) is 0 Å². The van der Waals surface area contributed by atoms with E-state index in [-0.39, 0.29) is 31.5 Å². The van der Waals surface area contributed by atoms with Crippen LogP contribution in [-0.4, -0.2) is 53.5 Å². The van der Waals surface area contributed by atoms with E-state index in [9.17, 15) is 19.5 Å². The van der Waals surface area contributed by atoms with E-state index in [4.69, 9.17) is 4.74 Å². The molecule has 0 spiro atoms. The molecule has 1 aromatic carbocycles. The van der Waals surface area contributed by atoms with Crippen molar-refractivity contribution >= 4 is 17.8 Å². The van der Waals surface area contributed by atoms with Crippen LogP contribution in [0, 0.1) is 0 Å². The summed E-state index contributed by atoms with van der Waals surface area (Å²) in [5.41, 5.74) is 1.01. The van der Waals surface area contributed by atoms with Crippen LogP contribution >= 0.6 is 0 Å². The van der Waals surface area contributed by atoms with Crippen molar-refractivity contribution in [2.45, 2.75) is 46.1 Å². The number of carbonyl (C=O) groups excluding carboxylic acids is 2. The standard InChI is InChI=1S/C19H28N2O5/c1-5-13(2)16-8-6-7-9-17(16)26-12-18(23)21(14(3)19(24)25)11-10-20-15(4)22/h6-9,13-14H,5,10-12H2,1-4H3,(H,20,22)(H,24,25). The van der Waals surface area contributed by atoms with Crippen LogP contribution < -0.4 is 10.1 Å². The van der Waals surface area contributed by atoms with Crippen molar-refractivity contribution in [2.24, 2.45) is 0 Å². The average molecular weight is 364 g/mol. The van der Waals surface area contributed by atoms with Crippen molar-refractivity contribution < 1.29 is 24.2 Å². The Hall–Kier alpha value is -2.57. The highest BCUT2D eigenvalue weighted by molar-refractivity contribution is 5.84. The zero-order chi connectivity index (χ0) is 19.7. The van der Waals surface area contributed by atoms with Gasteiger partial charge in [-0.2, -0.15) is 0 Å². The van der Waals surface area contributed by atoms with E-state index in [0.29, 0.717) is 5.75 Å². The summed E-state index contributed by atoms with van der Waals surface area (Å²) in [4.78, 5) is 36.0. The Labute approximate surface area is 154 Å². The molecule has 0 fully saturated rings. The molecule has 0 saturated carbocycles. The Morgan fingerprint density at radius 2 is 1.88 bits per heavy atom. The van der Waals surface area contributed by atoms with E-state index < -0.39 is 17.9 Å². The molecule has 2 amide bonds. The molecule has 2 atom stereocenters. The van der Waals surface area contributed by atoms with Gasteiger partial charge in [-0.25, -0.2) is 4.79 Å². The van der Waals surface area contributed by atoms with Gasteiger partial charge in [0.1, 0.15) is 11.8 Å². The third-order valence-corrected chi connectivity index (χ3v) is 4.29. The number of carboxylic acid groups (broad SMARTS) is 1. The van der Waals surface area contributed by atoms with Crippen LogP contribution in [0.5, 0.6) is 5.75 Å². The summed E-state index contributed by atoms with van der Waals surface area (Å²) >= 11 is 0. The van der Waals surface area contributed by atoms with Gasteiger partial charge < -0.3 is 20.1 Å². The van der Waals surface area contributed by atoms with Gasteiger partial charge in [0.05, 0.1) is 0 Å². The van der Waals surface area contributed by atoms with Crippen LogP contribution in [0.2, 0.25) is 0 Å². The molecule has 144 valence electrons. The van der Waals surface area contributed by atoms with Gasteiger partial charge in [0, 0.05) is 20.0 Å². The van der Waals surface area contributed by atoms with Gasteiger partial charge in [-0.1, -0.05) is 32.0 Å². The maximum atomic E-state index is 12.5. The van der Waals surface area contributed by atoms with Crippen LogP contribution in [0.4, 0.5) is 0 Å². The number of rotatable bonds is 10. The molecule has 0 aromatic heterocycles. The van der Waals surface area contributed by atoms with Crippen molar-refractivity contribution in [1.29, 1.82) is 0 Å². The summed E-state index contributed by atoms with van der Waals surface area (Å²) in [5, 5.41) is 11.8. The second-order valence-corrected chi connectivity index (χ2v) is 6.22. The molecule has 1 rings (SSSR count). The van der Waals surface area contributed by atoms with E-state index >= 15 is 0 Å². The first-order chi connectivity index (χ1) is 12.3. The maximum Gasteiger partial charge on any atom is 0.326 e. The fourth-order valence-corrected chi connectivity index (χ4v) is 2.48. The zero-order valence-electron chi connectivity index (χ0n) is 15.8. The Kier molecular flexibility index (Phi) is 8.61. The molecular weight excluding hydrogens is 336 g/mol. The molecule has 0 aliphatic rings. The van der Waals surface area contributed by atoms with E-state index in [1.54, 1.807) is 6.07 Å². The van der Waals surface area contributed by atoms with Crippen LogP contribution in [0.15, 0.2) is 24.3 Å². The summed E-state index contributed by atoms with van der Waals surface area (Å²) in [6.45, 7) is 6.97. The zero-order valence-corrected chi connectivity index (χ0v) is 15.8. The van der Waals surface area contributed by atoms with E-state index in [1.807, 2.05) is 18.2 Å². The smallest absolute Gasteiger partial charge is 0.326 e. The Morgan fingerprint density at radius 1 is 1.23 bits per heavy atom. The van der Waals surface area contributed by atoms with Crippen molar-refractivity contribution in [3.05, 3.63) is 29.8 Å². The van der Waals surface area contributed by atoms with Gasteiger partial charge in [0.25, 0.3) is 5.91 Å². The van der Waals surface area contributed by atoms with Gasteiger partial charge in [-0.3, -0.25) is 9.59 Å². The van der Waals surface area contributed by atoms with Crippen LogP contribution in [-0.2, 0) is 14.4 Å². The normalized spacial score (nSPS) is 12.8. The summed E-state index contributed by atoms with van der Waals surface area (Å²) in [5.74, 6) is -0.875. The van der Waals surface area contributed by atoms with Crippen LogP contribution in [0.25, 0.3) is 0 Å². The molecule has 0 saturated heterocycles. The summed E-state index contributed by atoms with van der Waals surface area (Å²) in [6, 6.07) is 6.51. The van der Waals surface area contributed by atoms with E-state index in [0.717, 1.165) is 12.0 Å². The Balaban J connectivity index is 2.80. The van der Waals surface area contributed by atoms with E-state index in [1.165, 1.54) is 18.7 Å². The first-order valence-electron chi connectivity index (χ1n) is 8.76. The molecule has 7 heteroatoms. The lowest BCUT2D eigenvalue weighted by atomic mass is 9.98. The molecule has 7 nitrogen and oxygen atoms in total. The van der Waals surface area contributed by atoms with Gasteiger partial charge in [-0.15, -0.1) is 0 Å². The molecule has 2 unspecified atom stereocenters. The SMILES string of the molecule is CCC(C)c1ccccc1OCC(=O)N(CCNC(C)=O)C(C)C(=O)O. The minimum Gasteiger partial charge on any atom is -0.483 e. The molecule has 26 heavy (non-hydrogen) atoms. The highest BCUT2D eigenvalue weighted by atomic mass is 16.5. The Morgan fingerprint density at radius 3 is 2.46 bits per heavy atom. The second-order valence-electron chi connectivity index (χ2n) is 6.22. The third-order valence-electron chi connectivity index (χ3n) is 4.29. The molecule has 0 radical (unpaired) electrons. The summed E-state index contributed by atoms with van der Waals surface area (Å²) in [7, 11) is 0. The quantitative estimate of drug-likeness (QED) is 0.662. The molecule has 1 aromatic rings. The molecule has 0 bridgehead atoms. The number of carbonyl (C=O) groups is 3. The predicted molar refractivity (Wildman–Crippen MR) is 98.1 cm³/mol. The molecule has 0 aliphatic heterocycles. The third kappa shape index (κ3) is 6.38. The fourth-order valence-electron chi connectivity index (χ4n) is 2.48. The number of nitrogens with one attached hydrogen (secondary N) is 1. The van der Waals surface area contributed by atoms with E-state index in [2.05, 4.69) is 19.2 Å². The number of para-hydroxylation sites is 1. The van der Waals surface area contributed by atoms with Crippen LogP contribution in [0.1, 0.15) is 45.6 Å². The number of benzene rings is 1. The highest BCUT2D eigenvalue weighted by Gasteiger charge is 2.26. The number of hydrogen-bond acceptors (Lipinski definition) is 4. The number of hydrogen-bond donors (Lipinski definition) is 2. The van der Waals surface area contributed by atoms with Crippen molar-refractivity contribution in [3.8, 4) is 5.75 Å². The lowest BCUT2D eigenvalue weighted by Crippen LogP contribution is -2.48. The van der Waals surface area contributed by atoms with Crippen molar-refractivity contribution in [2.75, 3.05) is 19.7 Å². The monoisotopic (exact) mass is 364 g/mol. The molecule has 2 N–H and O–H groups in total. The summed E-state index contributed by atoms with van der Waals surface area (Å²) < 4.78 is 5.69. The van der Waals surface area contributed by atoms with Gasteiger partial charge >= 0.3 is 5.97 Å². The van der Waals surface area contributed by atoms with Gasteiger partial charge in [0.2, 0.25) is 5.91 Å². The highest BCUT2D eigenvalue weighted by Crippen LogP contribution is 2.28. The van der Waals surface area contributed by atoms with Gasteiger partial charge in [-0.05, 0) is 30.9 Å². The lowest BCUT2D eigenvalue weighted by Gasteiger charge is -2.27. The minimum atomic E-state index is -1.11. The number of aliphatic carboxylic acids is 1. The Bertz CT molecular complexity index is 632. The number of carboxylic acids is 1. The average Bonchev–Trinajstić information content (AvgIpc) is 2.62. The molecule has 0 aliphatic carbocycles. The number of ether oxygens (including phenoxy) is 1. The lowest BCUT2D eigenvalue weighted by molar-refractivity contribution is -0.150. The minimum absolute atomic E-state index is 0.0995. The fraction of sp³-hybridized carbons (Fsp3) is 0.526. The summed E-state index contributed by atoms with van der Waals surface area (Å²) in [6.07, 6.45) is 0.938. The number of nitrogens with zero attached hydrogens (tertiary/aromatic N) is 1. The van der Waals surface area contributed by atoms with Gasteiger partial charge in [0.15, 0.2) is 6.61 Å². The topological polar surface area (TPSA) is 95.9 Å². The first kappa shape index (κ1) is 21.5. The van der Waals surface area contributed by atoms with Crippen molar-refractivity contribution in [3.63, 3.8) is 0 Å². The number of amides is 2. The molecule has 0 heterocycles. The second kappa shape index (κ2) is 10.4. The maximum absolute atomic E-state index is 12.5. The molecular formula is C19H28N2O5. The first-order valence-corrected chi connectivity index (χ1v) is 8.76. The largest absolute Gasteiger partial charge is 0.483 e. The van der Waals surface area contributed by atoms with Crippen molar-refractivity contribution in [1.82, 2.24) is 10.2 Å². The predicted octanol–water partition coefficient (Wildman–Crippen LogP) is 2.02.